The quantitative estimate of drug-likeness (QED) is 0.441. The molecular weight excluding hydrogens is 464 g/mol. The second kappa shape index (κ2) is 12.1. The zero-order valence-electron chi connectivity index (χ0n) is 20.8. The van der Waals surface area contributed by atoms with Crippen molar-refractivity contribution in [1.82, 2.24) is 19.9 Å². The number of carbonyl (C=O) groups is 2. The van der Waals surface area contributed by atoms with Gasteiger partial charge in [-0.05, 0) is 49.4 Å². The zero-order valence-corrected chi connectivity index (χ0v) is 20.8. The summed E-state index contributed by atoms with van der Waals surface area (Å²) in [7, 11) is 0. The second-order valence-corrected chi connectivity index (χ2v) is 9.15. The van der Waals surface area contributed by atoms with E-state index in [9.17, 15) is 14.7 Å². The number of hydroxylamine groups is 2. The number of hydrogen-bond acceptors (Lipinski definition) is 8. The number of carboxylic acid groups (broad SMARTS) is 1. The highest BCUT2D eigenvalue weighted by Gasteiger charge is 2.47. The highest BCUT2D eigenvalue weighted by atomic mass is 16.7. The first-order valence-electron chi connectivity index (χ1n) is 12.6. The number of carbonyl (C=O) groups excluding carboxylic acids is 1. The molecule has 2 aliphatic heterocycles. The van der Waals surface area contributed by atoms with Crippen LogP contribution in [0.2, 0.25) is 0 Å². The molecule has 194 valence electrons. The number of benzene rings is 1. The van der Waals surface area contributed by atoms with Gasteiger partial charge in [-0.15, -0.1) is 0 Å². The van der Waals surface area contributed by atoms with Crippen LogP contribution in [0.15, 0.2) is 36.8 Å². The van der Waals surface area contributed by atoms with E-state index in [1.165, 1.54) is 11.4 Å². The van der Waals surface area contributed by atoms with E-state index in [4.69, 9.17) is 14.3 Å². The van der Waals surface area contributed by atoms with Gasteiger partial charge in [-0.2, -0.15) is 0 Å². The Bertz CT molecular complexity index is 1040. The van der Waals surface area contributed by atoms with Crippen LogP contribution in [0.4, 0.5) is 0 Å². The number of carboxylic acids is 1. The molecular formula is C26H34N4O6. The molecule has 2 aromatic rings. The smallest absolute Gasteiger partial charge is 0.308 e. The van der Waals surface area contributed by atoms with Gasteiger partial charge < -0.3 is 14.6 Å². The number of likely N-dealkylation sites (tertiary alicyclic amines) is 1. The second-order valence-electron chi connectivity index (χ2n) is 9.15. The fraction of sp³-hybridized carbons (Fsp3) is 0.538. The van der Waals surface area contributed by atoms with E-state index in [0.717, 1.165) is 24.1 Å². The van der Waals surface area contributed by atoms with E-state index in [2.05, 4.69) is 9.97 Å². The highest BCUT2D eigenvalue weighted by Crippen LogP contribution is 2.43. The lowest BCUT2D eigenvalue weighted by Crippen LogP contribution is -2.44. The maximum absolute atomic E-state index is 13.2. The van der Waals surface area contributed by atoms with Gasteiger partial charge in [0.15, 0.2) is 11.5 Å². The molecule has 36 heavy (non-hydrogen) atoms. The summed E-state index contributed by atoms with van der Waals surface area (Å²) in [6, 6.07) is 7.06. The minimum atomic E-state index is -0.882. The number of rotatable bonds is 12. The Balaban J connectivity index is 1.59. The summed E-state index contributed by atoms with van der Waals surface area (Å²) in [4.78, 5) is 41.8. The van der Waals surface area contributed by atoms with Crippen LogP contribution in [0.5, 0.6) is 11.5 Å². The first-order chi connectivity index (χ1) is 17.5. The lowest BCUT2D eigenvalue weighted by molar-refractivity contribution is -0.188. The van der Waals surface area contributed by atoms with Gasteiger partial charge in [0, 0.05) is 36.9 Å². The number of ether oxygens (including phenoxy) is 2. The van der Waals surface area contributed by atoms with Crippen molar-refractivity contribution in [2.24, 2.45) is 5.92 Å². The Labute approximate surface area is 211 Å². The molecule has 4 rings (SSSR count). The molecule has 3 heterocycles. The summed E-state index contributed by atoms with van der Waals surface area (Å²) in [5, 5.41) is 11.8. The number of nitrogens with zero attached hydrogens (tertiary/aromatic N) is 4. The van der Waals surface area contributed by atoms with Gasteiger partial charge in [0.2, 0.25) is 6.79 Å². The van der Waals surface area contributed by atoms with Crippen LogP contribution in [0.25, 0.3) is 0 Å². The average Bonchev–Trinajstić information content (AvgIpc) is 3.50. The van der Waals surface area contributed by atoms with Crippen molar-refractivity contribution in [3.8, 4) is 11.5 Å². The number of fused-ring (bicyclic) bond motifs is 1. The molecule has 1 amide bonds. The molecule has 0 radical (unpaired) electrons. The summed E-state index contributed by atoms with van der Waals surface area (Å²) < 4.78 is 11.0. The predicted octanol–water partition coefficient (Wildman–Crippen LogP) is 2.89. The van der Waals surface area contributed by atoms with Crippen LogP contribution < -0.4 is 9.47 Å². The summed E-state index contributed by atoms with van der Waals surface area (Å²) >= 11 is 0. The summed E-state index contributed by atoms with van der Waals surface area (Å²) in [5.41, 5.74) is 1.70. The molecule has 1 N–H and O–H groups in total. The molecule has 10 heteroatoms. The third-order valence-electron chi connectivity index (χ3n) is 6.69. The van der Waals surface area contributed by atoms with Gasteiger partial charge in [-0.25, -0.2) is 15.0 Å². The molecule has 1 aromatic heterocycles. The van der Waals surface area contributed by atoms with Gasteiger partial charge in [0.05, 0.1) is 19.1 Å². The van der Waals surface area contributed by atoms with Crippen molar-refractivity contribution in [3.05, 3.63) is 48.0 Å². The normalized spacial score (nSPS) is 21.0. The maximum atomic E-state index is 13.2. The number of amides is 1. The van der Waals surface area contributed by atoms with Crippen LogP contribution in [0.3, 0.4) is 0 Å². The molecule has 0 aliphatic carbocycles. The van der Waals surface area contributed by atoms with Crippen molar-refractivity contribution in [2.75, 3.05) is 33.0 Å². The summed E-state index contributed by atoms with van der Waals surface area (Å²) in [6.07, 6.45) is 5.86. The highest BCUT2D eigenvalue weighted by molar-refractivity contribution is 5.78. The van der Waals surface area contributed by atoms with Crippen LogP contribution in [0.1, 0.15) is 50.3 Å². The number of hydrogen-bond donors (Lipinski definition) is 1. The van der Waals surface area contributed by atoms with Crippen molar-refractivity contribution >= 4 is 11.9 Å². The molecule has 2 aliphatic rings. The number of aromatic nitrogens is 2. The van der Waals surface area contributed by atoms with Gasteiger partial charge in [0.1, 0.15) is 6.33 Å². The first-order valence-corrected chi connectivity index (χ1v) is 12.6. The maximum Gasteiger partial charge on any atom is 0.308 e. The molecule has 0 saturated carbocycles. The molecule has 1 fully saturated rings. The van der Waals surface area contributed by atoms with Crippen molar-refractivity contribution < 1.29 is 29.0 Å². The minimum absolute atomic E-state index is 0.0863. The Morgan fingerprint density at radius 1 is 1.19 bits per heavy atom. The fourth-order valence-electron chi connectivity index (χ4n) is 5.01. The van der Waals surface area contributed by atoms with Crippen LogP contribution in [-0.2, 0) is 20.8 Å². The zero-order chi connectivity index (χ0) is 25.5. The summed E-state index contributed by atoms with van der Waals surface area (Å²) in [6.45, 7) is 5.61. The van der Waals surface area contributed by atoms with E-state index < -0.39 is 11.9 Å². The standard InChI is InChI=1S/C26H34N4O6/c1-3-11-30(36-12-4-2)24(31)15-29-14-20(18-5-8-22-23(13-18)35-17-34-22)25(26(32)33)21(29)7-6-19-9-10-27-16-28-19/h5,8-10,13,16,20-21,25H,3-4,6-7,11-12,14-15,17H2,1-2H3,(H,32,33). The van der Waals surface area contributed by atoms with Gasteiger partial charge in [-0.1, -0.05) is 19.9 Å². The Morgan fingerprint density at radius 2 is 2.03 bits per heavy atom. The van der Waals surface area contributed by atoms with Gasteiger partial charge in [0.25, 0.3) is 5.91 Å². The predicted molar refractivity (Wildman–Crippen MR) is 130 cm³/mol. The molecule has 3 atom stereocenters. The molecule has 3 unspecified atom stereocenters. The Morgan fingerprint density at radius 3 is 2.75 bits per heavy atom. The SMILES string of the molecule is CCCON(CCC)C(=O)CN1CC(c2ccc3c(c2)OCO3)C(C(=O)O)C1CCc1ccncn1. The van der Waals surface area contributed by atoms with E-state index in [0.29, 0.717) is 44.0 Å². The Kier molecular flexibility index (Phi) is 8.71. The molecule has 10 nitrogen and oxygen atoms in total. The van der Waals surface area contributed by atoms with E-state index in [-0.39, 0.29) is 31.2 Å². The van der Waals surface area contributed by atoms with Crippen LogP contribution >= 0.6 is 0 Å². The summed E-state index contributed by atoms with van der Waals surface area (Å²) in [5.74, 6) is -0.779. The fourth-order valence-corrected chi connectivity index (χ4v) is 5.01. The first kappa shape index (κ1) is 25.8. The topological polar surface area (TPSA) is 114 Å². The monoisotopic (exact) mass is 498 g/mol. The van der Waals surface area contributed by atoms with Crippen molar-refractivity contribution in [1.29, 1.82) is 0 Å². The van der Waals surface area contributed by atoms with Gasteiger partial charge >= 0.3 is 5.97 Å². The van der Waals surface area contributed by atoms with E-state index in [1.54, 1.807) is 6.20 Å². The average molecular weight is 499 g/mol. The van der Waals surface area contributed by atoms with Gasteiger partial charge in [-0.3, -0.25) is 19.3 Å². The molecule has 0 spiro atoms. The van der Waals surface area contributed by atoms with Crippen LogP contribution in [0, 0.1) is 5.92 Å². The van der Waals surface area contributed by atoms with Crippen molar-refractivity contribution in [3.63, 3.8) is 0 Å². The number of aryl methyl sites for hydroxylation is 1. The van der Waals surface area contributed by atoms with Crippen molar-refractivity contribution in [2.45, 2.75) is 51.5 Å². The largest absolute Gasteiger partial charge is 0.481 e. The van der Waals surface area contributed by atoms with E-state index in [1.807, 2.05) is 43.0 Å². The number of aliphatic carboxylic acids is 1. The minimum Gasteiger partial charge on any atom is -0.481 e. The van der Waals surface area contributed by atoms with E-state index >= 15 is 0 Å². The Hall–Kier alpha value is -3.24. The third-order valence-corrected chi connectivity index (χ3v) is 6.69. The molecule has 1 saturated heterocycles. The third kappa shape index (κ3) is 5.93. The lowest BCUT2D eigenvalue weighted by Gasteiger charge is -2.29. The molecule has 1 aromatic carbocycles. The van der Waals surface area contributed by atoms with Crippen LogP contribution in [-0.4, -0.2) is 76.0 Å². The lowest BCUT2D eigenvalue weighted by atomic mass is 9.83. The molecule has 0 bridgehead atoms.